The van der Waals surface area contributed by atoms with Gasteiger partial charge < -0.3 is 15.2 Å². The molecule has 0 unspecified atom stereocenters. The van der Waals surface area contributed by atoms with Crippen LogP contribution in [0.1, 0.15) is 11.6 Å². The Bertz CT molecular complexity index is 459. The molecule has 1 fully saturated rings. The third-order valence-corrected chi connectivity index (χ3v) is 2.27. The van der Waals surface area contributed by atoms with Crippen molar-refractivity contribution in [2.45, 2.75) is 6.04 Å². The summed E-state index contributed by atoms with van der Waals surface area (Å²) in [4.78, 5) is 20.7. The molecule has 16 heavy (non-hydrogen) atoms. The topological polar surface area (TPSA) is 102 Å². The molecule has 1 saturated heterocycles. The van der Waals surface area contributed by atoms with E-state index in [4.69, 9.17) is 0 Å². The van der Waals surface area contributed by atoms with E-state index in [1.807, 2.05) is 0 Å². The van der Waals surface area contributed by atoms with Crippen molar-refractivity contribution in [1.29, 1.82) is 0 Å². The van der Waals surface area contributed by atoms with Gasteiger partial charge in [-0.15, -0.1) is 0 Å². The van der Waals surface area contributed by atoms with Gasteiger partial charge in [-0.3, -0.25) is 10.1 Å². The number of phenolic OH excluding ortho intramolecular Hbond substituents is 1. The highest BCUT2D eigenvalue weighted by Gasteiger charge is 2.26. The molecule has 1 aliphatic heterocycles. The Morgan fingerprint density at radius 3 is 2.88 bits per heavy atom. The average Bonchev–Trinajstić information content (AvgIpc) is 2.65. The second-order valence-corrected chi connectivity index (χ2v) is 3.30. The maximum atomic E-state index is 10.8. The summed E-state index contributed by atoms with van der Waals surface area (Å²) in [7, 11) is 0. The van der Waals surface area contributed by atoms with Crippen molar-refractivity contribution in [3.63, 3.8) is 0 Å². The first-order chi connectivity index (χ1) is 7.58. The highest BCUT2D eigenvalue weighted by atomic mass is 16.6. The lowest BCUT2D eigenvalue weighted by molar-refractivity contribution is -0.385. The molecule has 1 atom stereocenters. The zero-order valence-electron chi connectivity index (χ0n) is 8.04. The minimum absolute atomic E-state index is 0.126. The smallest absolute Gasteiger partial charge is 0.407 e. The Kier molecular flexibility index (Phi) is 2.35. The number of phenols is 1. The third-order valence-electron chi connectivity index (χ3n) is 2.27. The van der Waals surface area contributed by atoms with Crippen molar-refractivity contribution in [2.24, 2.45) is 0 Å². The van der Waals surface area contributed by atoms with Gasteiger partial charge in [0.2, 0.25) is 0 Å². The zero-order chi connectivity index (χ0) is 11.7. The predicted octanol–water partition coefficient (Wildman–Crippen LogP) is 1.08. The van der Waals surface area contributed by atoms with E-state index in [1.165, 1.54) is 18.2 Å². The van der Waals surface area contributed by atoms with Crippen molar-refractivity contribution >= 4 is 11.8 Å². The fraction of sp³-hybridized carbons (Fsp3) is 0.222. The van der Waals surface area contributed by atoms with E-state index in [0.717, 1.165) is 0 Å². The Labute approximate surface area is 89.8 Å². The van der Waals surface area contributed by atoms with Crippen LogP contribution in [0.5, 0.6) is 5.75 Å². The van der Waals surface area contributed by atoms with Crippen LogP contribution in [0.3, 0.4) is 0 Å². The number of ether oxygens (including phenoxy) is 1. The highest BCUT2D eigenvalue weighted by Crippen LogP contribution is 2.29. The molecule has 0 bridgehead atoms. The van der Waals surface area contributed by atoms with Gasteiger partial charge in [-0.2, -0.15) is 0 Å². The number of hydrogen-bond donors (Lipinski definition) is 2. The number of cyclic esters (lactones) is 1. The van der Waals surface area contributed by atoms with Gasteiger partial charge in [0, 0.05) is 6.07 Å². The van der Waals surface area contributed by atoms with E-state index in [2.05, 4.69) is 10.1 Å². The number of hydrogen-bond acceptors (Lipinski definition) is 5. The number of alkyl carbamates (subject to hydrolysis) is 1. The lowest BCUT2D eigenvalue weighted by Crippen LogP contribution is -2.18. The van der Waals surface area contributed by atoms with E-state index < -0.39 is 28.5 Å². The summed E-state index contributed by atoms with van der Waals surface area (Å²) < 4.78 is 4.67. The van der Waals surface area contributed by atoms with Crippen LogP contribution in [0.2, 0.25) is 0 Å². The molecular formula is C9H8N2O5. The fourth-order valence-corrected chi connectivity index (χ4v) is 1.47. The molecule has 0 radical (unpaired) electrons. The number of aromatic hydroxyl groups is 1. The first kappa shape index (κ1) is 10.2. The number of nitro benzene ring substituents is 1. The standard InChI is InChI=1S/C9H8N2O5/c12-8-2-1-5(3-7(8)11(14)15)6-4-16-9(13)10-6/h1-3,6,12H,4H2,(H,10,13)/t6-/m1/s1. The number of rotatable bonds is 2. The summed E-state index contributed by atoms with van der Waals surface area (Å²) in [6, 6.07) is 3.53. The average molecular weight is 224 g/mol. The molecule has 7 nitrogen and oxygen atoms in total. The van der Waals surface area contributed by atoms with Crippen LogP contribution >= 0.6 is 0 Å². The number of amides is 1. The van der Waals surface area contributed by atoms with Crippen molar-refractivity contribution < 1.29 is 19.6 Å². The minimum atomic E-state index is -0.684. The molecule has 1 heterocycles. The number of benzene rings is 1. The van der Waals surface area contributed by atoms with Crippen LogP contribution in [0.4, 0.5) is 10.5 Å². The molecule has 0 saturated carbocycles. The van der Waals surface area contributed by atoms with Gasteiger partial charge in [-0.25, -0.2) is 4.79 Å². The Morgan fingerprint density at radius 1 is 1.56 bits per heavy atom. The molecule has 0 aliphatic carbocycles. The second kappa shape index (κ2) is 3.69. The minimum Gasteiger partial charge on any atom is -0.502 e. The van der Waals surface area contributed by atoms with E-state index in [9.17, 15) is 20.0 Å². The monoisotopic (exact) mass is 224 g/mol. The van der Waals surface area contributed by atoms with Gasteiger partial charge >= 0.3 is 11.8 Å². The highest BCUT2D eigenvalue weighted by molar-refractivity contribution is 5.70. The fourth-order valence-electron chi connectivity index (χ4n) is 1.47. The Morgan fingerprint density at radius 2 is 2.31 bits per heavy atom. The number of nitrogens with one attached hydrogen (secondary N) is 1. The summed E-state index contributed by atoms with van der Waals surface area (Å²) in [5, 5.41) is 22.3. The van der Waals surface area contributed by atoms with Gasteiger partial charge in [-0.05, 0) is 11.6 Å². The van der Waals surface area contributed by atoms with Crippen LogP contribution in [-0.2, 0) is 4.74 Å². The summed E-state index contributed by atoms with van der Waals surface area (Å²) in [6.07, 6.45) is -0.555. The molecular weight excluding hydrogens is 216 g/mol. The lowest BCUT2D eigenvalue weighted by atomic mass is 10.1. The van der Waals surface area contributed by atoms with Gasteiger partial charge in [0.05, 0.1) is 11.0 Å². The van der Waals surface area contributed by atoms with Gasteiger partial charge in [0.15, 0.2) is 5.75 Å². The van der Waals surface area contributed by atoms with Gasteiger partial charge in [-0.1, -0.05) is 6.07 Å². The number of carbonyl (C=O) groups excluding carboxylic acids is 1. The molecule has 1 aliphatic rings. The van der Waals surface area contributed by atoms with Crippen LogP contribution in [-0.4, -0.2) is 22.7 Å². The third kappa shape index (κ3) is 1.74. The summed E-state index contributed by atoms with van der Waals surface area (Å²) in [5.41, 5.74) is 0.133. The second-order valence-electron chi connectivity index (χ2n) is 3.30. The summed E-state index contributed by atoms with van der Waals surface area (Å²) in [6.45, 7) is 0.126. The van der Waals surface area contributed by atoms with Crippen molar-refractivity contribution in [3.8, 4) is 5.75 Å². The number of nitro groups is 1. The Balaban J connectivity index is 2.32. The van der Waals surface area contributed by atoms with Crippen LogP contribution < -0.4 is 5.32 Å². The van der Waals surface area contributed by atoms with Crippen LogP contribution in [0, 0.1) is 10.1 Å². The van der Waals surface area contributed by atoms with Crippen molar-refractivity contribution in [2.75, 3.05) is 6.61 Å². The van der Waals surface area contributed by atoms with E-state index >= 15 is 0 Å². The number of nitrogens with zero attached hydrogens (tertiary/aromatic N) is 1. The molecule has 84 valence electrons. The van der Waals surface area contributed by atoms with E-state index in [1.54, 1.807) is 0 Å². The molecule has 0 aromatic heterocycles. The van der Waals surface area contributed by atoms with Crippen molar-refractivity contribution in [3.05, 3.63) is 33.9 Å². The largest absolute Gasteiger partial charge is 0.502 e. The maximum Gasteiger partial charge on any atom is 0.407 e. The van der Waals surface area contributed by atoms with Crippen LogP contribution in [0.25, 0.3) is 0 Å². The van der Waals surface area contributed by atoms with Gasteiger partial charge in [0.1, 0.15) is 6.61 Å². The molecule has 0 spiro atoms. The normalized spacial score (nSPS) is 19.0. The van der Waals surface area contributed by atoms with Crippen molar-refractivity contribution in [1.82, 2.24) is 5.32 Å². The first-order valence-corrected chi connectivity index (χ1v) is 4.48. The zero-order valence-corrected chi connectivity index (χ0v) is 8.04. The summed E-state index contributed by atoms with van der Waals surface area (Å²) >= 11 is 0. The molecule has 2 rings (SSSR count). The maximum absolute atomic E-state index is 10.8. The predicted molar refractivity (Wildman–Crippen MR) is 52.0 cm³/mol. The molecule has 1 aromatic rings. The quantitative estimate of drug-likeness (QED) is 0.578. The van der Waals surface area contributed by atoms with E-state index in [-0.39, 0.29) is 6.61 Å². The lowest BCUT2D eigenvalue weighted by Gasteiger charge is -2.07. The molecule has 1 amide bonds. The molecule has 1 aromatic carbocycles. The Hall–Kier alpha value is -2.31. The van der Waals surface area contributed by atoms with E-state index in [0.29, 0.717) is 5.56 Å². The molecule has 7 heteroatoms. The first-order valence-electron chi connectivity index (χ1n) is 4.48. The van der Waals surface area contributed by atoms with Gasteiger partial charge in [0.25, 0.3) is 0 Å². The SMILES string of the molecule is O=C1N[C@@H](c2ccc(O)c([N+](=O)[O-])c2)CO1. The summed E-state index contributed by atoms with van der Waals surface area (Å²) in [5.74, 6) is -0.404. The number of carbonyl (C=O) groups is 1. The molecule has 2 N–H and O–H groups in total. The van der Waals surface area contributed by atoms with Crippen LogP contribution in [0.15, 0.2) is 18.2 Å².